The van der Waals surface area contributed by atoms with Crippen LogP contribution in [-0.2, 0) is 0 Å². The molecule has 1 aromatic heterocycles. The standard InChI is InChI=1S/C9H14N4O/c10-8-3-4-11-9(13-8)12-5-7(14)6-1-2-6/h3-4,6-7,14H,1-2,5H2,(H3,10,11,12,13). The normalized spacial score (nSPS) is 17.8. The Morgan fingerprint density at radius 3 is 3.07 bits per heavy atom. The topological polar surface area (TPSA) is 84.1 Å². The number of hydrogen-bond donors (Lipinski definition) is 3. The van der Waals surface area contributed by atoms with Crippen LogP contribution in [0.3, 0.4) is 0 Å². The molecule has 1 saturated carbocycles. The third-order valence-electron chi connectivity index (χ3n) is 2.31. The van der Waals surface area contributed by atoms with E-state index in [-0.39, 0.29) is 6.10 Å². The van der Waals surface area contributed by atoms with Crippen molar-refractivity contribution in [2.24, 2.45) is 5.92 Å². The van der Waals surface area contributed by atoms with Gasteiger partial charge in [0.05, 0.1) is 6.10 Å². The number of anilines is 2. The van der Waals surface area contributed by atoms with E-state index in [0.717, 1.165) is 12.8 Å². The third kappa shape index (κ3) is 2.32. The molecule has 5 heteroatoms. The summed E-state index contributed by atoms with van der Waals surface area (Å²) in [4.78, 5) is 7.95. The van der Waals surface area contributed by atoms with Crippen molar-refractivity contribution < 1.29 is 5.11 Å². The molecule has 1 aliphatic carbocycles. The van der Waals surface area contributed by atoms with E-state index in [1.54, 1.807) is 12.3 Å². The van der Waals surface area contributed by atoms with Crippen molar-refractivity contribution in [1.82, 2.24) is 9.97 Å². The second-order valence-corrected chi connectivity index (χ2v) is 3.59. The maximum Gasteiger partial charge on any atom is 0.224 e. The average Bonchev–Trinajstić information content (AvgIpc) is 2.97. The highest BCUT2D eigenvalue weighted by Gasteiger charge is 2.29. The van der Waals surface area contributed by atoms with E-state index in [9.17, 15) is 5.11 Å². The maximum absolute atomic E-state index is 9.57. The molecule has 1 aliphatic rings. The van der Waals surface area contributed by atoms with E-state index in [1.807, 2.05) is 0 Å². The van der Waals surface area contributed by atoms with Gasteiger partial charge in [0.2, 0.25) is 5.95 Å². The lowest BCUT2D eigenvalue weighted by Crippen LogP contribution is -2.22. The first kappa shape index (κ1) is 9.21. The van der Waals surface area contributed by atoms with Gasteiger partial charge in [-0.1, -0.05) is 0 Å². The number of aromatic nitrogens is 2. The zero-order chi connectivity index (χ0) is 9.97. The van der Waals surface area contributed by atoms with Crippen molar-refractivity contribution in [1.29, 1.82) is 0 Å². The van der Waals surface area contributed by atoms with E-state index >= 15 is 0 Å². The molecule has 2 rings (SSSR count). The van der Waals surface area contributed by atoms with E-state index in [4.69, 9.17) is 5.73 Å². The first-order valence-electron chi connectivity index (χ1n) is 4.76. The Kier molecular flexibility index (Phi) is 2.49. The zero-order valence-corrected chi connectivity index (χ0v) is 7.85. The molecule has 1 atom stereocenters. The smallest absolute Gasteiger partial charge is 0.224 e. The lowest BCUT2D eigenvalue weighted by molar-refractivity contribution is 0.164. The van der Waals surface area contributed by atoms with Crippen LogP contribution in [0.1, 0.15) is 12.8 Å². The summed E-state index contributed by atoms with van der Waals surface area (Å²) in [7, 11) is 0. The number of nitrogens with two attached hydrogens (primary N) is 1. The lowest BCUT2D eigenvalue weighted by atomic mass is 10.2. The molecule has 76 valence electrons. The molecule has 1 fully saturated rings. The van der Waals surface area contributed by atoms with Crippen molar-refractivity contribution in [2.45, 2.75) is 18.9 Å². The maximum atomic E-state index is 9.57. The Morgan fingerprint density at radius 1 is 1.64 bits per heavy atom. The predicted molar refractivity (Wildman–Crippen MR) is 53.7 cm³/mol. The second-order valence-electron chi connectivity index (χ2n) is 3.59. The molecule has 1 aromatic rings. The fourth-order valence-electron chi connectivity index (χ4n) is 1.30. The van der Waals surface area contributed by atoms with Gasteiger partial charge in [0.1, 0.15) is 5.82 Å². The Bertz CT molecular complexity index is 313. The molecule has 0 spiro atoms. The van der Waals surface area contributed by atoms with Gasteiger partial charge in [-0.05, 0) is 24.8 Å². The molecular formula is C9H14N4O. The van der Waals surface area contributed by atoms with E-state index in [0.29, 0.717) is 24.2 Å². The molecule has 14 heavy (non-hydrogen) atoms. The summed E-state index contributed by atoms with van der Waals surface area (Å²) in [5, 5.41) is 12.5. The largest absolute Gasteiger partial charge is 0.391 e. The molecule has 0 saturated heterocycles. The lowest BCUT2D eigenvalue weighted by Gasteiger charge is -2.10. The van der Waals surface area contributed by atoms with E-state index in [1.165, 1.54) is 0 Å². The summed E-state index contributed by atoms with van der Waals surface area (Å²) < 4.78 is 0. The minimum Gasteiger partial charge on any atom is -0.391 e. The fourth-order valence-corrected chi connectivity index (χ4v) is 1.30. The second kappa shape index (κ2) is 3.79. The Hall–Kier alpha value is -1.36. The number of rotatable bonds is 4. The summed E-state index contributed by atoms with van der Waals surface area (Å²) in [6, 6.07) is 1.63. The molecular weight excluding hydrogens is 180 g/mol. The number of hydrogen-bond acceptors (Lipinski definition) is 5. The SMILES string of the molecule is Nc1ccnc(NCC(O)C2CC2)n1. The summed E-state index contributed by atoms with van der Waals surface area (Å²) in [5.74, 6) is 1.37. The van der Waals surface area contributed by atoms with Gasteiger partial charge >= 0.3 is 0 Å². The molecule has 0 radical (unpaired) electrons. The summed E-state index contributed by atoms with van der Waals surface area (Å²) >= 11 is 0. The first-order valence-corrected chi connectivity index (χ1v) is 4.76. The van der Waals surface area contributed by atoms with Gasteiger partial charge in [-0.2, -0.15) is 4.98 Å². The number of aliphatic hydroxyl groups excluding tert-OH is 1. The Balaban J connectivity index is 1.84. The summed E-state index contributed by atoms with van der Waals surface area (Å²) in [5.41, 5.74) is 5.48. The summed E-state index contributed by atoms with van der Waals surface area (Å²) in [6.45, 7) is 0.494. The van der Waals surface area contributed by atoms with Crippen molar-refractivity contribution >= 4 is 11.8 Å². The highest BCUT2D eigenvalue weighted by molar-refractivity contribution is 5.34. The summed E-state index contributed by atoms with van der Waals surface area (Å²) in [6.07, 6.45) is 3.55. The van der Waals surface area contributed by atoms with Crippen LogP contribution in [0.25, 0.3) is 0 Å². The average molecular weight is 194 g/mol. The third-order valence-corrected chi connectivity index (χ3v) is 2.31. The molecule has 0 aromatic carbocycles. The zero-order valence-electron chi connectivity index (χ0n) is 7.85. The van der Waals surface area contributed by atoms with Crippen LogP contribution in [0.15, 0.2) is 12.3 Å². The quantitative estimate of drug-likeness (QED) is 0.639. The number of nitrogen functional groups attached to an aromatic ring is 1. The van der Waals surface area contributed by atoms with Gasteiger partial charge in [0, 0.05) is 12.7 Å². The van der Waals surface area contributed by atoms with Crippen molar-refractivity contribution in [2.75, 3.05) is 17.6 Å². The number of nitrogens with one attached hydrogen (secondary N) is 1. The van der Waals surface area contributed by atoms with Gasteiger partial charge in [0.15, 0.2) is 0 Å². The van der Waals surface area contributed by atoms with Gasteiger partial charge in [-0.25, -0.2) is 4.98 Å². The van der Waals surface area contributed by atoms with Crippen LogP contribution >= 0.6 is 0 Å². The minimum absolute atomic E-state index is 0.292. The minimum atomic E-state index is -0.292. The van der Waals surface area contributed by atoms with Crippen LogP contribution in [0.5, 0.6) is 0 Å². The Labute approximate surface area is 82.4 Å². The molecule has 4 N–H and O–H groups in total. The van der Waals surface area contributed by atoms with Crippen LogP contribution in [0.4, 0.5) is 11.8 Å². The van der Waals surface area contributed by atoms with Crippen molar-refractivity contribution in [3.05, 3.63) is 12.3 Å². The number of aliphatic hydroxyl groups is 1. The van der Waals surface area contributed by atoms with E-state index < -0.39 is 0 Å². The van der Waals surface area contributed by atoms with Crippen LogP contribution in [0.2, 0.25) is 0 Å². The molecule has 0 aliphatic heterocycles. The van der Waals surface area contributed by atoms with Gasteiger partial charge < -0.3 is 16.2 Å². The van der Waals surface area contributed by atoms with Crippen LogP contribution in [-0.4, -0.2) is 27.7 Å². The predicted octanol–water partition coefficient (Wildman–Crippen LogP) is 0.242. The van der Waals surface area contributed by atoms with Crippen LogP contribution in [0, 0.1) is 5.92 Å². The molecule has 1 unspecified atom stereocenters. The number of nitrogens with zero attached hydrogens (tertiary/aromatic N) is 2. The van der Waals surface area contributed by atoms with Crippen LogP contribution < -0.4 is 11.1 Å². The fraction of sp³-hybridized carbons (Fsp3) is 0.556. The van der Waals surface area contributed by atoms with Crippen molar-refractivity contribution in [3.8, 4) is 0 Å². The molecule has 0 amide bonds. The molecule has 5 nitrogen and oxygen atoms in total. The highest BCUT2D eigenvalue weighted by atomic mass is 16.3. The van der Waals surface area contributed by atoms with Gasteiger partial charge in [-0.15, -0.1) is 0 Å². The molecule has 0 bridgehead atoms. The first-order chi connectivity index (χ1) is 6.75. The van der Waals surface area contributed by atoms with Gasteiger partial charge in [0.25, 0.3) is 0 Å². The Morgan fingerprint density at radius 2 is 2.43 bits per heavy atom. The highest BCUT2D eigenvalue weighted by Crippen LogP contribution is 2.32. The van der Waals surface area contributed by atoms with Gasteiger partial charge in [-0.3, -0.25) is 0 Å². The van der Waals surface area contributed by atoms with Crippen molar-refractivity contribution in [3.63, 3.8) is 0 Å². The monoisotopic (exact) mass is 194 g/mol. The van der Waals surface area contributed by atoms with E-state index in [2.05, 4.69) is 15.3 Å². The molecule has 1 heterocycles.